The first kappa shape index (κ1) is 29.8. The van der Waals surface area contributed by atoms with Crippen molar-refractivity contribution in [1.82, 2.24) is 20.4 Å². The summed E-state index contributed by atoms with van der Waals surface area (Å²) in [5.41, 5.74) is 0. The Morgan fingerprint density at radius 3 is 1.88 bits per heavy atom. The Morgan fingerprint density at radius 2 is 1.43 bits per heavy atom. The van der Waals surface area contributed by atoms with Crippen molar-refractivity contribution in [2.24, 2.45) is 11.8 Å². The molecule has 0 aromatic carbocycles. The van der Waals surface area contributed by atoms with Crippen LogP contribution in [0.5, 0.6) is 0 Å². The van der Waals surface area contributed by atoms with Crippen molar-refractivity contribution in [3.63, 3.8) is 0 Å². The van der Waals surface area contributed by atoms with E-state index in [2.05, 4.69) is 10.6 Å². The van der Waals surface area contributed by atoms with E-state index in [1.807, 2.05) is 0 Å². The van der Waals surface area contributed by atoms with E-state index in [0.717, 1.165) is 0 Å². The topological polar surface area (TPSA) is 179 Å². The molecule has 3 heterocycles. The maximum Gasteiger partial charge on any atom is 0.261 e. The van der Waals surface area contributed by atoms with Gasteiger partial charge < -0.3 is 40.2 Å². The monoisotopic (exact) mass is 592 g/mol. The Bertz CT molecular complexity index is 1150. The van der Waals surface area contributed by atoms with Crippen LogP contribution in [0, 0.1) is 11.8 Å². The quantitative estimate of drug-likeness (QED) is 0.335. The molecule has 4 rings (SSSR count). The number of likely N-dealkylation sites (tertiary alicyclic amines) is 2. The van der Waals surface area contributed by atoms with Crippen molar-refractivity contribution in [2.45, 2.75) is 62.7 Å². The third-order valence-corrected chi connectivity index (χ3v) is 9.25. The molecule has 0 spiro atoms. The predicted octanol–water partition coefficient (Wildman–Crippen LogP) is -1.80. The molecule has 0 bridgehead atoms. The summed E-state index contributed by atoms with van der Waals surface area (Å²) >= 11 is 2.56. The summed E-state index contributed by atoms with van der Waals surface area (Å²) in [4.78, 5) is 78.8. The van der Waals surface area contributed by atoms with Crippen LogP contribution < -0.4 is 20.8 Å². The van der Waals surface area contributed by atoms with Crippen LogP contribution in [0.4, 0.5) is 0 Å². The first-order chi connectivity index (χ1) is 19.1. The summed E-state index contributed by atoms with van der Waals surface area (Å²) in [5.74, 6) is -6.03. The van der Waals surface area contributed by atoms with Crippen LogP contribution in [0.15, 0.2) is 17.5 Å². The first-order valence-corrected chi connectivity index (χ1v) is 15.5. The zero-order chi connectivity index (χ0) is 29.0. The molecule has 218 valence electrons. The van der Waals surface area contributed by atoms with Crippen molar-refractivity contribution in [1.29, 1.82) is 0 Å². The number of amides is 4. The zero-order valence-electron chi connectivity index (χ0n) is 22.0. The van der Waals surface area contributed by atoms with Gasteiger partial charge in [0.2, 0.25) is 17.7 Å². The number of carboxylic acids is 2. The summed E-state index contributed by atoms with van der Waals surface area (Å²) in [6.07, 6.45) is 3.74. The molecule has 1 aliphatic carbocycles. The molecular weight excluding hydrogens is 560 g/mol. The number of thiophene rings is 1. The number of carbonyl (C=O) groups is 6. The molecular formula is C26H32N4O8S2-2. The van der Waals surface area contributed by atoms with E-state index < -0.39 is 59.8 Å². The van der Waals surface area contributed by atoms with Gasteiger partial charge in [-0.05, 0) is 43.4 Å². The molecule has 3 aliphatic rings. The average Bonchev–Trinajstić information content (AvgIpc) is 3.68. The number of carboxylic acid groups (broad SMARTS) is 2. The molecule has 0 radical (unpaired) electrons. The van der Waals surface area contributed by atoms with Crippen LogP contribution in [-0.2, 0) is 24.0 Å². The maximum absolute atomic E-state index is 13.8. The van der Waals surface area contributed by atoms with E-state index >= 15 is 0 Å². The van der Waals surface area contributed by atoms with Crippen LogP contribution >= 0.6 is 23.1 Å². The number of carbonyl (C=O) groups excluding carboxylic acids is 6. The number of thioether (sulfide) groups is 1. The molecule has 1 saturated carbocycles. The van der Waals surface area contributed by atoms with Crippen molar-refractivity contribution >= 4 is 58.7 Å². The molecule has 0 unspecified atom stereocenters. The highest BCUT2D eigenvalue weighted by Gasteiger charge is 2.47. The predicted molar refractivity (Wildman–Crippen MR) is 142 cm³/mol. The van der Waals surface area contributed by atoms with Gasteiger partial charge in [-0.15, -0.1) is 11.3 Å². The molecule has 1 aromatic rings. The van der Waals surface area contributed by atoms with Crippen molar-refractivity contribution in [3.05, 3.63) is 22.4 Å². The molecule has 6 atom stereocenters. The van der Waals surface area contributed by atoms with Gasteiger partial charge in [-0.1, -0.05) is 18.9 Å². The lowest BCUT2D eigenvalue weighted by atomic mass is 9.77. The van der Waals surface area contributed by atoms with Crippen LogP contribution in [0.3, 0.4) is 0 Å². The molecule has 3 fully saturated rings. The minimum Gasteiger partial charge on any atom is -0.548 e. The van der Waals surface area contributed by atoms with Gasteiger partial charge in [0.15, 0.2) is 0 Å². The molecule has 12 nitrogen and oxygen atoms in total. The fraction of sp³-hybridized carbons (Fsp3) is 0.615. The van der Waals surface area contributed by atoms with Gasteiger partial charge >= 0.3 is 0 Å². The third kappa shape index (κ3) is 6.60. The van der Waals surface area contributed by atoms with E-state index in [-0.39, 0.29) is 43.5 Å². The summed E-state index contributed by atoms with van der Waals surface area (Å²) in [6.45, 7) is -0.0574. The Hall–Kier alpha value is -3.13. The standard InChI is InChI=1S/C26H34N4O8S2/c1-39-13-21(31)27-14-9-18(25(35)36)29(11-14)23(33)16-5-2-3-6-17(16)24(34)30-12-15(10-19(30)26(37)38)28-22(32)20-7-4-8-40-20/h4,7-8,14-19H,2-3,5-6,9-13H2,1H3,(H,27,31)(H,28,32)(H,35,36)(H,37,38)/p-2/t14-,15-,16-,17+,18-,19-/m0/s1. The summed E-state index contributed by atoms with van der Waals surface area (Å²) in [7, 11) is 0. The SMILES string of the molecule is CSCC(=O)N[C@H]1C[C@@H](C(=O)[O-])N(C(=O)[C@H]2CCCC[C@H]2C(=O)N2C[C@@H](NC(=O)c3cccs3)C[C@H]2C(=O)[O-])C1. The van der Waals surface area contributed by atoms with Gasteiger partial charge in [0.05, 0.1) is 34.7 Å². The fourth-order valence-electron chi connectivity index (χ4n) is 6.03. The van der Waals surface area contributed by atoms with Crippen LogP contribution in [0.1, 0.15) is 48.2 Å². The lowest BCUT2D eigenvalue weighted by Crippen LogP contribution is -2.54. The van der Waals surface area contributed by atoms with Gasteiger partial charge in [0, 0.05) is 37.0 Å². The van der Waals surface area contributed by atoms with Gasteiger partial charge in [-0.25, -0.2) is 0 Å². The second-order valence-electron chi connectivity index (χ2n) is 10.5. The summed E-state index contributed by atoms with van der Waals surface area (Å²) < 4.78 is 0. The van der Waals surface area contributed by atoms with Crippen LogP contribution in [0.2, 0.25) is 0 Å². The van der Waals surface area contributed by atoms with Crippen LogP contribution in [-0.4, -0.2) is 94.6 Å². The number of hydrogen-bond acceptors (Lipinski definition) is 10. The Kier molecular flexibility index (Phi) is 9.72. The first-order valence-electron chi connectivity index (χ1n) is 13.3. The average molecular weight is 593 g/mol. The van der Waals surface area contributed by atoms with Crippen molar-refractivity contribution in [3.8, 4) is 0 Å². The number of nitrogens with zero attached hydrogens (tertiary/aromatic N) is 2. The van der Waals surface area contributed by atoms with Gasteiger partial charge in [-0.3, -0.25) is 19.2 Å². The van der Waals surface area contributed by atoms with E-state index in [0.29, 0.717) is 30.6 Å². The molecule has 2 N–H and O–H groups in total. The molecule has 2 aliphatic heterocycles. The Balaban J connectivity index is 1.48. The lowest BCUT2D eigenvalue weighted by molar-refractivity contribution is -0.312. The minimum atomic E-state index is -1.44. The number of aliphatic carboxylic acids is 2. The lowest BCUT2D eigenvalue weighted by Gasteiger charge is -2.37. The van der Waals surface area contributed by atoms with Gasteiger partial charge in [-0.2, -0.15) is 11.8 Å². The summed E-state index contributed by atoms with van der Waals surface area (Å²) in [5, 5.41) is 31.2. The smallest absolute Gasteiger partial charge is 0.261 e. The van der Waals surface area contributed by atoms with Crippen molar-refractivity contribution in [2.75, 3.05) is 25.1 Å². The van der Waals surface area contributed by atoms with E-state index in [1.165, 1.54) is 32.9 Å². The highest BCUT2D eigenvalue weighted by molar-refractivity contribution is 7.99. The van der Waals surface area contributed by atoms with E-state index in [9.17, 15) is 39.0 Å². The highest BCUT2D eigenvalue weighted by Crippen LogP contribution is 2.36. The highest BCUT2D eigenvalue weighted by atomic mass is 32.2. The van der Waals surface area contributed by atoms with Crippen molar-refractivity contribution < 1.29 is 39.0 Å². The minimum absolute atomic E-state index is 0.00400. The maximum atomic E-state index is 13.8. The van der Waals surface area contributed by atoms with Crippen LogP contribution in [0.25, 0.3) is 0 Å². The second-order valence-corrected chi connectivity index (χ2v) is 12.3. The van der Waals surface area contributed by atoms with Gasteiger partial charge in [0.1, 0.15) is 0 Å². The molecule has 4 amide bonds. The molecule has 1 aromatic heterocycles. The fourth-order valence-corrected chi connectivity index (χ4v) is 7.00. The molecule has 14 heteroatoms. The molecule has 40 heavy (non-hydrogen) atoms. The second kappa shape index (κ2) is 13.0. The number of rotatable bonds is 9. The number of nitrogens with one attached hydrogen (secondary N) is 2. The third-order valence-electron chi connectivity index (χ3n) is 7.83. The summed E-state index contributed by atoms with van der Waals surface area (Å²) in [6, 6.07) is -0.311. The Morgan fingerprint density at radius 1 is 0.900 bits per heavy atom. The van der Waals surface area contributed by atoms with E-state index in [1.54, 1.807) is 23.8 Å². The zero-order valence-corrected chi connectivity index (χ0v) is 23.7. The number of hydrogen-bond donors (Lipinski definition) is 2. The van der Waals surface area contributed by atoms with Gasteiger partial charge in [0.25, 0.3) is 5.91 Å². The largest absolute Gasteiger partial charge is 0.548 e. The molecule has 2 saturated heterocycles. The Labute approximate surface area is 239 Å². The normalized spacial score (nSPS) is 28.2. The van der Waals surface area contributed by atoms with E-state index in [4.69, 9.17) is 0 Å².